The van der Waals surface area contributed by atoms with Crippen LogP contribution in [0, 0.1) is 5.41 Å². The molecule has 0 spiro atoms. The quantitative estimate of drug-likeness (QED) is 0.876. The normalized spacial score (nSPS) is 17.2. The van der Waals surface area contributed by atoms with Crippen molar-refractivity contribution in [3.63, 3.8) is 0 Å². The Kier molecular flexibility index (Phi) is 2.18. The number of fused-ring (bicyclic) bond motifs is 1. The Morgan fingerprint density at radius 2 is 2.18 bits per heavy atom. The molecular weight excluding hydrogens is 216 g/mol. The molecular formula is C13H14N2O2. The third-order valence-corrected chi connectivity index (χ3v) is 3.52. The molecule has 1 N–H and O–H groups in total. The number of para-hydroxylation sites is 1. The molecule has 1 heterocycles. The van der Waals surface area contributed by atoms with Crippen molar-refractivity contribution in [3.05, 3.63) is 30.5 Å². The van der Waals surface area contributed by atoms with Crippen molar-refractivity contribution in [2.24, 2.45) is 5.41 Å². The largest absolute Gasteiger partial charge is 0.481 e. The number of nitrogens with zero attached hydrogens (tertiary/aromatic N) is 2. The first kappa shape index (κ1) is 10.3. The van der Waals surface area contributed by atoms with E-state index in [1.165, 1.54) is 0 Å². The molecule has 1 aliphatic carbocycles. The molecule has 0 saturated heterocycles. The molecule has 1 aliphatic rings. The number of carboxylic acid groups (broad SMARTS) is 1. The average Bonchev–Trinajstić information content (AvgIpc) is 2.91. The zero-order chi connectivity index (χ0) is 11.9. The first-order chi connectivity index (χ1) is 8.19. The van der Waals surface area contributed by atoms with Gasteiger partial charge in [0.05, 0.1) is 18.1 Å². The lowest BCUT2D eigenvalue weighted by Gasteiger charge is -2.13. The molecule has 0 bridgehead atoms. The highest BCUT2D eigenvalue weighted by Gasteiger charge is 2.45. The van der Waals surface area contributed by atoms with Crippen molar-refractivity contribution in [3.8, 4) is 0 Å². The van der Waals surface area contributed by atoms with Gasteiger partial charge >= 0.3 is 5.97 Å². The summed E-state index contributed by atoms with van der Waals surface area (Å²) in [5.74, 6) is -0.709. The van der Waals surface area contributed by atoms with E-state index in [1.807, 2.05) is 35.1 Å². The van der Waals surface area contributed by atoms with Crippen LogP contribution >= 0.6 is 0 Å². The van der Waals surface area contributed by atoms with E-state index < -0.39 is 5.97 Å². The van der Waals surface area contributed by atoms with Gasteiger partial charge in [0.15, 0.2) is 0 Å². The van der Waals surface area contributed by atoms with Crippen LogP contribution in [0.4, 0.5) is 0 Å². The predicted molar refractivity (Wildman–Crippen MR) is 63.7 cm³/mol. The number of hydrogen-bond acceptors (Lipinski definition) is 2. The summed E-state index contributed by atoms with van der Waals surface area (Å²) in [4.78, 5) is 10.8. The van der Waals surface area contributed by atoms with Gasteiger partial charge in [-0.05, 0) is 18.9 Å². The molecule has 4 nitrogen and oxygen atoms in total. The molecule has 1 fully saturated rings. The minimum Gasteiger partial charge on any atom is -0.481 e. The van der Waals surface area contributed by atoms with E-state index in [0.717, 1.165) is 23.7 Å². The second-order valence-electron chi connectivity index (χ2n) is 4.93. The van der Waals surface area contributed by atoms with Gasteiger partial charge < -0.3 is 5.11 Å². The van der Waals surface area contributed by atoms with Gasteiger partial charge in [-0.15, -0.1) is 0 Å². The van der Waals surface area contributed by atoms with Crippen LogP contribution in [0.1, 0.15) is 19.3 Å². The Labute approximate surface area is 98.9 Å². The van der Waals surface area contributed by atoms with Gasteiger partial charge in [-0.25, -0.2) is 0 Å². The fraction of sp³-hybridized carbons (Fsp3) is 0.385. The summed E-state index contributed by atoms with van der Waals surface area (Å²) in [6, 6.07) is 8.02. The number of rotatable bonds is 4. The maximum atomic E-state index is 10.8. The molecule has 0 radical (unpaired) electrons. The third-order valence-electron chi connectivity index (χ3n) is 3.52. The first-order valence-electron chi connectivity index (χ1n) is 5.81. The Balaban J connectivity index is 1.88. The summed E-state index contributed by atoms with van der Waals surface area (Å²) >= 11 is 0. The monoisotopic (exact) mass is 230 g/mol. The number of hydrogen-bond donors (Lipinski definition) is 1. The number of aliphatic carboxylic acids is 1. The van der Waals surface area contributed by atoms with E-state index in [4.69, 9.17) is 5.11 Å². The van der Waals surface area contributed by atoms with E-state index >= 15 is 0 Å². The maximum Gasteiger partial charge on any atom is 0.303 e. The number of benzene rings is 1. The van der Waals surface area contributed by atoms with Gasteiger partial charge in [0, 0.05) is 17.3 Å². The number of carboxylic acids is 1. The van der Waals surface area contributed by atoms with Crippen LogP contribution in [0.3, 0.4) is 0 Å². The summed E-state index contributed by atoms with van der Waals surface area (Å²) in [6.45, 7) is 0.715. The minimum atomic E-state index is -0.709. The molecule has 0 unspecified atom stereocenters. The van der Waals surface area contributed by atoms with Gasteiger partial charge in [0.25, 0.3) is 0 Å². The Morgan fingerprint density at radius 1 is 1.41 bits per heavy atom. The van der Waals surface area contributed by atoms with Crippen LogP contribution in [0.25, 0.3) is 10.9 Å². The van der Waals surface area contributed by atoms with Crippen molar-refractivity contribution in [2.75, 3.05) is 0 Å². The molecule has 17 heavy (non-hydrogen) atoms. The topological polar surface area (TPSA) is 55.1 Å². The Hall–Kier alpha value is -1.84. The average molecular weight is 230 g/mol. The molecule has 88 valence electrons. The van der Waals surface area contributed by atoms with Gasteiger partial charge in [-0.3, -0.25) is 9.48 Å². The van der Waals surface area contributed by atoms with E-state index in [2.05, 4.69) is 5.10 Å². The predicted octanol–water partition coefficient (Wildman–Crippen LogP) is 2.29. The lowest BCUT2D eigenvalue weighted by atomic mass is 10.0. The van der Waals surface area contributed by atoms with E-state index in [0.29, 0.717) is 6.54 Å². The van der Waals surface area contributed by atoms with E-state index in [9.17, 15) is 4.79 Å². The SMILES string of the molecule is O=C(O)CC1(Cn2ncc3ccccc32)CC1. The molecule has 1 saturated carbocycles. The van der Waals surface area contributed by atoms with Crippen LogP contribution in [0.15, 0.2) is 30.5 Å². The first-order valence-corrected chi connectivity index (χ1v) is 5.81. The summed E-state index contributed by atoms with van der Waals surface area (Å²) < 4.78 is 1.94. The van der Waals surface area contributed by atoms with Gasteiger partial charge in [0.2, 0.25) is 0 Å². The third kappa shape index (κ3) is 1.90. The van der Waals surface area contributed by atoms with Gasteiger partial charge in [-0.2, -0.15) is 5.10 Å². The Bertz CT molecular complexity index is 570. The van der Waals surface area contributed by atoms with E-state index in [1.54, 1.807) is 0 Å². The van der Waals surface area contributed by atoms with Crippen molar-refractivity contribution >= 4 is 16.9 Å². The van der Waals surface area contributed by atoms with Crippen LogP contribution in [-0.2, 0) is 11.3 Å². The number of carbonyl (C=O) groups is 1. The van der Waals surface area contributed by atoms with Crippen molar-refractivity contribution < 1.29 is 9.90 Å². The molecule has 0 aliphatic heterocycles. The summed E-state index contributed by atoms with van der Waals surface area (Å²) in [5.41, 5.74) is 1.03. The summed E-state index contributed by atoms with van der Waals surface area (Å²) in [5, 5.41) is 14.4. The van der Waals surface area contributed by atoms with E-state index in [-0.39, 0.29) is 11.8 Å². The molecule has 0 amide bonds. The lowest BCUT2D eigenvalue weighted by Crippen LogP contribution is -2.16. The summed E-state index contributed by atoms with van der Waals surface area (Å²) in [6.07, 6.45) is 4.08. The highest BCUT2D eigenvalue weighted by atomic mass is 16.4. The Morgan fingerprint density at radius 3 is 2.88 bits per heavy atom. The standard InChI is InChI=1S/C13H14N2O2/c16-12(17)7-13(5-6-13)9-15-11-4-2-1-3-10(11)8-14-15/h1-4,8H,5-7,9H2,(H,16,17). The molecule has 2 aromatic rings. The molecule has 1 aromatic carbocycles. The molecule has 0 atom stereocenters. The molecule has 3 rings (SSSR count). The highest BCUT2D eigenvalue weighted by molar-refractivity contribution is 5.78. The van der Waals surface area contributed by atoms with Crippen molar-refractivity contribution in [2.45, 2.75) is 25.8 Å². The molecule has 4 heteroatoms. The highest BCUT2D eigenvalue weighted by Crippen LogP contribution is 2.50. The lowest BCUT2D eigenvalue weighted by molar-refractivity contribution is -0.138. The fourth-order valence-corrected chi connectivity index (χ4v) is 2.36. The van der Waals surface area contributed by atoms with Crippen LogP contribution in [-0.4, -0.2) is 20.9 Å². The summed E-state index contributed by atoms with van der Waals surface area (Å²) in [7, 11) is 0. The second-order valence-corrected chi connectivity index (χ2v) is 4.93. The van der Waals surface area contributed by atoms with Crippen LogP contribution in [0.2, 0.25) is 0 Å². The number of aromatic nitrogens is 2. The minimum absolute atomic E-state index is 0.0549. The van der Waals surface area contributed by atoms with Crippen molar-refractivity contribution in [1.82, 2.24) is 9.78 Å². The maximum absolute atomic E-state index is 10.8. The van der Waals surface area contributed by atoms with Crippen LogP contribution in [0.5, 0.6) is 0 Å². The van der Waals surface area contributed by atoms with Crippen LogP contribution < -0.4 is 0 Å². The zero-order valence-corrected chi connectivity index (χ0v) is 9.47. The zero-order valence-electron chi connectivity index (χ0n) is 9.47. The second kappa shape index (κ2) is 3.58. The molecule has 1 aromatic heterocycles. The van der Waals surface area contributed by atoms with Gasteiger partial charge in [0.1, 0.15) is 0 Å². The fourth-order valence-electron chi connectivity index (χ4n) is 2.36. The van der Waals surface area contributed by atoms with Crippen molar-refractivity contribution in [1.29, 1.82) is 0 Å². The smallest absolute Gasteiger partial charge is 0.303 e. The van der Waals surface area contributed by atoms with Gasteiger partial charge in [-0.1, -0.05) is 18.2 Å².